The van der Waals surface area contributed by atoms with E-state index in [1.807, 2.05) is 18.2 Å². The summed E-state index contributed by atoms with van der Waals surface area (Å²) in [5.41, 5.74) is 6.99. The zero-order valence-corrected chi connectivity index (χ0v) is 30.8. The summed E-state index contributed by atoms with van der Waals surface area (Å²) >= 11 is 3.60. The first-order valence-electron chi connectivity index (χ1n) is 18.3. The molecule has 0 bridgehead atoms. The van der Waals surface area contributed by atoms with Gasteiger partial charge in [0.15, 0.2) is 17.5 Å². The van der Waals surface area contributed by atoms with Crippen molar-refractivity contribution in [1.29, 1.82) is 0 Å². The molecule has 6 heteroatoms. The molecule has 4 aromatic heterocycles. The standard InChI is InChI=1S/C49H27N3OS2/c1-2-11-29(12-3-1)47-50-48(30-21-23-34-33-14-6-7-18-40(33)54-42(34)26-30)52-49(51-47)31-22-25-39-43(27-31)55-41-19-9-15-35(44(39)41)36-16-8-17-37-38-24-20-28-10-4-5-13-32(28)45(38)53-46(36)37/h1-27H. The van der Waals surface area contributed by atoms with Crippen LogP contribution in [0.15, 0.2) is 168 Å². The van der Waals surface area contributed by atoms with Crippen LogP contribution in [0.25, 0.3) is 118 Å². The maximum atomic E-state index is 6.78. The van der Waals surface area contributed by atoms with E-state index < -0.39 is 0 Å². The number of rotatable bonds is 4. The van der Waals surface area contributed by atoms with Gasteiger partial charge < -0.3 is 4.42 Å². The molecule has 0 fully saturated rings. The van der Waals surface area contributed by atoms with Gasteiger partial charge in [-0.1, -0.05) is 133 Å². The Morgan fingerprint density at radius 1 is 0.345 bits per heavy atom. The number of nitrogens with zero attached hydrogens (tertiary/aromatic N) is 3. The Balaban J connectivity index is 1.02. The molecule has 0 radical (unpaired) electrons. The van der Waals surface area contributed by atoms with Crippen LogP contribution in [0.1, 0.15) is 0 Å². The fraction of sp³-hybridized carbons (Fsp3) is 0. The highest BCUT2D eigenvalue weighted by Crippen LogP contribution is 2.45. The van der Waals surface area contributed by atoms with Gasteiger partial charge in [-0.15, -0.1) is 22.7 Å². The molecule has 0 aliphatic heterocycles. The maximum absolute atomic E-state index is 6.78. The molecule has 0 unspecified atom stereocenters. The molecule has 0 atom stereocenters. The van der Waals surface area contributed by atoms with Crippen LogP contribution in [-0.2, 0) is 0 Å². The number of thiophene rings is 2. The second kappa shape index (κ2) is 11.9. The molecule has 0 amide bonds. The Labute approximate surface area is 322 Å². The van der Waals surface area contributed by atoms with Crippen molar-refractivity contribution in [3.8, 4) is 45.3 Å². The number of hydrogen-bond acceptors (Lipinski definition) is 6. The van der Waals surface area contributed by atoms with Gasteiger partial charge in [0, 0.05) is 78.8 Å². The number of aromatic nitrogens is 3. The molecule has 0 saturated carbocycles. The first kappa shape index (κ1) is 30.7. The summed E-state index contributed by atoms with van der Waals surface area (Å²) in [4.78, 5) is 15.2. The first-order valence-corrected chi connectivity index (χ1v) is 19.9. The van der Waals surface area contributed by atoms with Crippen molar-refractivity contribution < 1.29 is 4.42 Å². The zero-order chi connectivity index (χ0) is 36.0. The molecule has 256 valence electrons. The predicted molar refractivity (Wildman–Crippen MR) is 232 cm³/mol. The van der Waals surface area contributed by atoms with Crippen LogP contribution in [0.5, 0.6) is 0 Å². The maximum Gasteiger partial charge on any atom is 0.164 e. The number of furan rings is 1. The second-order valence-corrected chi connectivity index (χ2v) is 16.1. The van der Waals surface area contributed by atoms with Gasteiger partial charge in [-0.25, -0.2) is 15.0 Å². The van der Waals surface area contributed by atoms with Crippen molar-refractivity contribution >= 4 is 95.7 Å². The third-order valence-corrected chi connectivity index (χ3v) is 13.0. The summed E-state index contributed by atoms with van der Waals surface area (Å²) < 4.78 is 11.7. The lowest BCUT2D eigenvalue weighted by Crippen LogP contribution is -2.00. The molecule has 55 heavy (non-hydrogen) atoms. The van der Waals surface area contributed by atoms with Crippen LogP contribution in [0.4, 0.5) is 0 Å². The van der Waals surface area contributed by atoms with E-state index in [4.69, 9.17) is 19.4 Å². The predicted octanol–water partition coefficient (Wildman–Crippen LogP) is 14.3. The fourth-order valence-corrected chi connectivity index (χ4v) is 10.5. The molecule has 12 rings (SSSR count). The largest absolute Gasteiger partial charge is 0.455 e. The summed E-state index contributed by atoms with van der Waals surface area (Å²) in [5.74, 6) is 1.97. The molecular formula is C49H27N3OS2. The number of hydrogen-bond donors (Lipinski definition) is 0. The van der Waals surface area contributed by atoms with E-state index >= 15 is 0 Å². The van der Waals surface area contributed by atoms with Crippen LogP contribution in [0, 0.1) is 0 Å². The number of fused-ring (bicyclic) bond motifs is 11. The van der Waals surface area contributed by atoms with Crippen LogP contribution < -0.4 is 0 Å². The molecule has 12 aromatic rings. The Morgan fingerprint density at radius 3 is 1.75 bits per heavy atom. The zero-order valence-electron chi connectivity index (χ0n) is 29.2. The number of benzene rings is 8. The van der Waals surface area contributed by atoms with Gasteiger partial charge in [-0.2, -0.15) is 0 Å². The van der Waals surface area contributed by atoms with Crippen LogP contribution in [0.3, 0.4) is 0 Å². The lowest BCUT2D eigenvalue weighted by molar-refractivity contribution is 0.674. The van der Waals surface area contributed by atoms with Crippen LogP contribution in [0.2, 0.25) is 0 Å². The molecule has 4 nitrogen and oxygen atoms in total. The molecular weight excluding hydrogens is 711 g/mol. The summed E-state index contributed by atoms with van der Waals surface area (Å²) in [6.07, 6.45) is 0. The minimum absolute atomic E-state index is 0.652. The summed E-state index contributed by atoms with van der Waals surface area (Å²) in [6.45, 7) is 0. The van der Waals surface area contributed by atoms with E-state index in [2.05, 4.69) is 146 Å². The Kier molecular flexibility index (Phi) is 6.64. The fourth-order valence-electron chi connectivity index (χ4n) is 8.14. The van der Waals surface area contributed by atoms with E-state index in [1.54, 1.807) is 22.7 Å². The highest BCUT2D eigenvalue weighted by molar-refractivity contribution is 7.26. The van der Waals surface area contributed by atoms with Crippen molar-refractivity contribution in [3.63, 3.8) is 0 Å². The first-order chi connectivity index (χ1) is 27.2. The molecule has 0 N–H and O–H groups in total. The van der Waals surface area contributed by atoms with E-state index in [0.29, 0.717) is 17.5 Å². The van der Waals surface area contributed by atoms with Gasteiger partial charge in [-0.05, 0) is 41.3 Å². The summed E-state index contributed by atoms with van der Waals surface area (Å²) in [7, 11) is 0. The minimum atomic E-state index is 0.652. The van der Waals surface area contributed by atoms with Crippen molar-refractivity contribution in [2.24, 2.45) is 0 Å². The lowest BCUT2D eigenvalue weighted by atomic mass is 9.97. The third kappa shape index (κ3) is 4.79. The average molecular weight is 738 g/mol. The monoisotopic (exact) mass is 737 g/mol. The quantitative estimate of drug-likeness (QED) is 0.180. The van der Waals surface area contributed by atoms with Gasteiger partial charge in [-0.3, -0.25) is 0 Å². The topological polar surface area (TPSA) is 51.8 Å². The summed E-state index contributed by atoms with van der Waals surface area (Å²) in [6, 6.07) is 57.8. The average Bonchev–Trinajstić information content (AvgIpc) is 3.94. The van der Waals surface area contributed by atoms with Crippen molar-refractivity contribution in [1.82, 2.24) is 15.0 Å². The van der Waals surface area contributed by atoms with Gasteiger partial charge >= 0.3 is 0 Å². The van der Waals surface area contributed by atoms with Crippen molar-refractivity contribution in [2.75, 3.05) is 0 Å². The molecule has 0 aliphatic carbocycles. The Bertz CT molecular complexity index is 3510. The van der Waals surface area contributed by atoms with Crippen molar-refractivity contribution in [2.45, 2.75) is 0 Å². The van der Waals surface area contributed by atoms with Gasteiger partial charge in [0.1, 0.15) is 11.2 Å². The Hall–Kier alpha value is -6.73. The normalized spacial score (nSPS) is 12.0. The second-order valence-electron chi connectivity index (χ2n) is 13.9. The highest BCUT2D eigenvalue weighted by atomic mass is 32.1. The Morgan fingerprint density at radius 2 is 0.909 bits per heavy atom. The molecule has 8 aromatic carbocycles. The smallest absolute Gasteiger partial charge is 0.164 e. The van der Waals surface area contributed by atoms with E-state index in [0.717, 1.165) is 55.1 Å². The van der Waals surface area contributed by atoms with Crippen LogP contribution in [-0.4, -0.2) is 15.0 Å². The van der Waals surface area contributed by atoms with E-state index in [9.17, 15) is 0 Å². The highest BCUT2D eigenvalue weighted by Gasteiger charge is 2.19. The van der Waals surface area contributed by atoms with E-state index in [-0.39, 0.29) is 0 Å². The molecule has 0 spiro atoms. The van der Waals surface area contributed by atoms with Gasteiger partial charge in [0.2, 0.25) is 0 Å². The number of para-hydroxylation sites is 1. The van der Waals surface area contributed by atoms with Gasteiger partial charge in [0.05, 0.1) is 0 Å². The SMILES string of the molecule is c1ccc(-c2nc(-c3ccc4c(c3)sc3ccccc34)nc(-c3ccc4c(c3)sc3cccc(-c5cccc6c5oc5c7ccccc7ccc65)c34)n2)cc1. The van der Waals surface area contributed by atoms with Crippen molar-refractivity contribution in [3.05, 3.63) is 164 Å². The molecule has 0 saturated heterocycles. The molecule has 0 aliphatic rings. The summed E-state index contributed by atoms with van der Waals surface area (Å²) in [5, 5.41) is 9.53. The third-order valence-electron chi connectivity index (χ3n) is 10.7. The van der Waals surface area contributed by atoms with Crippen LogP contribution >= 0.6 is 22.7 Å². The minimum Gasteiger partial charge on any atom is -0.455 e. The van der Waals surface area contributed by atoms with E-state index in [1.165, 1.54) is 45.7 Å². The molecule has 4 heterocycles. The van der Waals surface area contributed by atoms with Gasteiger partial charge in [0.25, 0.3) is 0 Å². The lowest BCUT2D eigenvalue weighted by Gasteiger charge is -2.09.